The molecule has 1 heterocycles. The number of aromatic amines is 1. The van der Waals surface area contributed by atoms with Crippen molar-refractivity contribution in [2.45, 2.75) is 20.0 Å². The maximum absolute atomic E-state index is 5.79. The largest absolute Gasteiger partial charge is 0.486 e. The van der Waals surface area contributed by atoms with Gasteiger partial charge < -0.3 is 4.74 Å². The van der Waals surface area contributed by atoms with E-state index in [0.29, 0.717) is 11.4 Å². The summed E-state index contributed by atoms with van der Waals surface area (Å²) >= 11 is 5.38. The molecule has 0 bridgehead atoms. The van der Waals surface area contributed by atoms with Crippen molar-refractivity contribution >= 4 is 12.2 Å². The highest BCUT2D eigenvalue weighted by molar-refractivity contribution is 7.71. The topological polar surface area (TPSA) is 42.8 Å². The monoisotopic (exact) mass is 311 g/mol. The summed E-state index contributed by atoms with van der Waals surface area (Å²) in [6.45, 7) is 2.48. The first-order valence-electron chi connectivity index (χ1n) is 7.22. The van der Waals surface area contributed by atoms with Crippen LogP contribution in [0.2, 0.25) is 0 Å². The standard InChI is InChI=1S/C17H17N3OS/c1-2-13-8-6-7-11-15(13)20-16(18-19-17(20)22)12-21-14-9-4-3-5-10-14/h3-11H,2,12H2,1H3,(H,19,22). The van der Waals surface area contributed by atoms with Crippen molar-refractivity contribution in [3.05, 3.63) is 70.8 Å². The second-order valence-electron chi connectivity index (χ2n) is 4.86. The fourth-order valence-electron chi connectivity index (χ4n) is 2.37. The molecule has 0 spiro atoms. The normalized spacial score (nSPS) is 10.6. The van der Waals surface area contributed by atoms with Crippen LogP contribution in [0, 0.1) is 4.77 Å². The summed E-state index contributed by atoms with van der Waals surface area (Å²) in [6.07, 6.45) is 0.933. The van der Waals surface area contributed by atoms with Gasteiger partial charge >= 0.3 is 0 Å². The van der Waals surface area contributed by atoms with E-state index in [0.717, 1.165) is 23.7 Å². The molecule has 0 unspecified atom stereocenters. The van der Waals surface area contributed by atoms with Crippen molar-refractivity contribution in [2.24, 2.45) is 0 Å². The number of benzene rings is 2. The lowest BCUT2D eigenvalue weighted by molar-refractivity contribution is 0.293. The van der Waals surface area contributed by atoms with Crippen molar-refractivity contribution in [1.82, 2.24) is 14.8 Å². The molecule has 0 fully saturated rings. The van der Waals surface area contributed by atoms with Gasteiger partial charge in [0.05, 0.1) is 5.69 Å². The Morgan fingerprint density at radius 3 is 2.59 bits per heavy atom. The van der Waals surface area contributed by atoms with Gasteiger partial charge in [0.1, 0.15) is 12.4 Å². The molecule has 4 nitrogen and oxygen atoms in total. The van der Waals surface area contributed by atoms with E-state index in [9.17, 15) is 0 Å². The van der Waals surface area contributed by atoms with Crippen LogP contribution in [0.4, 0.5) is 0 Å². The van der Waals surface area contributed by atoms with Crippen LogP contribution in [0.15, 0.2) is 54.6 Å². The molecule has 3 aromatic rings. The lowest BCUT2D eigenvalue weighted by Gasteiger charge is -2.11. The second-order valence-corrected chi connectivity index (χ2v) is 5.25. The number of rotatable bonds is 5. The van der Waals surface area contributed by atoms with Gasteiger partial charge in [-0.25, -0.2) is 0 Å². The molecule has 1 aromatic heterocycles. The zero-order chi connectivity index (χ0) is 15.4. The Morgan fingerprint density at radius 1 is 1.09 bits per heavy atom. The average Bonchev–Trinajstić information content (AvgIpc) is 2.94. The maximum Gasteiger partial charge on any atom is 0.199 e. The van der Waals surface area contributed by atoms with E-state index < -0.39 is 0 Å². The summed E-state index contributed by atoms with van der Waals surface area (Å²) in [4.78, 5) is 0. The smallest absolute Gasteiger partial charge is 0.199 e. The number of para-hydroxylation sites is 2. The van der Waals surface area contributed by atoms with Crippen LogP contribution < -0.4 is 4.74 Å². The quantitative estimate of drug-likeness (QED) is 0.722. The van der Waals surface area contributed by atoms with Gasteiger partial charge in [-0.1, -0.05) is 43.3 Å². The van der Waals surface area contributed by atoms with Crippen LogP contribution in [0.3, 0.4) is 0 Å². The predicted octanol–water partition coefficient (Wildman–Crippen LogP) is 4.07. The number of H-pyrrole nitrogens is 1. The number of hydrogen-bond donors (Lipinski definition) is 1. The van der Waals surface area contributed by atoms with E-state index in [1.807, 2.05) is 47.0 Å². The molecular weight excluding hydrogens is 294 g/mol. The van der Waals surface area contributed by atoms with Crippen molar-refractivity contribution in [3.63, 3.8) is 0 Å². The average molecular weight is 311 g/mol. The van der Waals surface area contributed by atoms with Gasteiger partial charge in [0.2, 0.25) is 0 Å². The van der Waals surface area contributed by atoms with Crippen molar-refractivity contribution in [1.29, 1.82) is 0 Å². The van der Waals surface area contributed by atoms with Crippen LogP contribution >= 0.6 is 12.2 Å². The number of ether oxygens (including phenoxy) is 1. The molecule has 0 aliphatic rings. The minimum Gasteiger partial charge on any atom is -0.486 e. The van der Waals surface area contributed by atoms with Gasteiger partial charge in [-0.15, -0.1) is 0 Å². The third-order valence-electron chi connectivity index (χ3n) is 3.47. The summed E-state index contributed by atoms with van der Waals surface area (Å²) in [5, 5.41) is 7.16. The highest BCUT2D eigenvalue weighted by Gasteiger charge is 2.11. The minimum absolute atomic E-state index is 0.356. The first kappa shape index (κ1) is 14.5. The second kappa shape index (κ2) is 6.58. The van der Waals surface area contributed by atoms with Gasteiger partial charge in [0.15, 0.2) is 10.6 Å². The molecule has 1 N–H and O–H groups in total. The fraction of sp³-hybridized carbons (Fsp3) is 0.176. The number of nitrogens with one attached hydrogen (secondary N) is 1. The fourth-order valence-corrected chi connectivity index (χ4v) is 2.62. The maximum atomic E-state index is 5.79. The molecule has 0 saturated heterocycles. The SMILES string of the molecule is CCc1ccccc1-n1c(COc2ccccc2)n[nH]c1=S. The van der Waals surface area contributed by atoms with Crippen LogP contribution in [0.5, 0.6) is 5.75 Å². The molecule has 22 heavy (non-hydrogen) atoms. The lowest BCUT2D eigenvalue weighted by Crippen LogP contribution is -2.07. The zero-order valence-electron chi connectivity index (χ0n) is 12.3. The van der Waals surface area contributed by atoms with Crippen molar-refractivity contribution in [3.8, 4) is 11.4 Å². The Kier molecular flexibility index (Phi) is 4.34. The Morgan fingerprint density at radius 2 is 1.82 bits per heavy atom. The third-order valence-corrected chi connectivity index (χ3v) is 3.74. The Bertz CT molecular complexity index is 808. The molecule has 0 aliphatic carbocycles. The Labute approximate surface area is 134 Å². The summed E-state index contributed by atoms with van der Waals surface area (Å²) < 4.78 is 8.31. The molecule has 0 atom stereocenters. The molecule has 0 radical (unpaired) electrons. The lowest BCUT2D eigenvalue weighted by atomic mass is 10.1. The van der Waals surface area contributed by atoms with E-state index >= 15 is 0 Å². The molecule has 5 heteroatoms. The summed E-state index contributed by atoms with van der Waals surface area (Å²) in [6, 6.07) is 17.9. The van der Waals surface area contributed by atoms with Gasteiger partial charge in [0, 0.05) is 0 Å². The van der Waals surface area contributed by atoms with E-state index in [-0.39, 0.29) is 0 Å². The predicted molar refractivity (Wildman–Crippen MR) is 88.9 cm³/mol. The molecular formula is C17H17N3OS. The summed E-state index contributed by atoms with van der Waals surface area (Å²) in [5.74, 6) is 1.57. The van der Waals surface area contributed by atoms with Crippen molar-refractivity contribution < 1.29 is 4.74 Å². The van der Waals surface area contributed by atoms with Crippen LogP contribution in [0.25, 0.3) is 5.69 Å². The molecule has 0 aliphatic heterocycles. The first-order chi connectivity index (χ1) is 10.8. The molecule has 0 saturated carbocycles. The van der Waals surface area contributed by atoms with E-state index in [4.69, 9.17) is 17.0 Å². The first-order valence-corrected chi connectivity index (χ1v) is 7.63. The van der Waals surface area contributed by atoms with Crippen LogP contribution in [-0.4, -0.2) is 14.8 Å². The number of aromatic nitrogens is 3. The Balaban J connectivity index is 1.93. The molecule has 0 amide bonds. The van der Waals surface area contributed by atoms with E-state index in [1.165, 1.54) is 5.56 Å². The summed E-state index contributed by atoms with van der Waals surface area (Å²) in [5.41, 5.74) is 2.27. The Hall–Kier alpha value is -2.40. The number of aryl methyl sites for hydroxylation is 1. The highest BCUT2D eigenvalue weighted by Crippen LogP contribution is 2.18. The van der Waals surface area contributed by atoms with Gasteiger partial charge in [0.25, 0.3) is 0 Å². The van der Waals surface area contributed by atoms with Gasteiger partial charge in [-0.2, -0.15) is 5.10 Å². The van der Waals surface area contributed by atoms with Crippen LogP contribution in [-0.2, 0) is 13.0 Å². The van der Waals surface area contributed by atoms with Gasteiger partial charge in [-0.05, 0) is 42.4 Å². The highest BCUT2D eigenvalue weighted by atomic mass is 32.1. The number of hydrogen-bond acceptors (Lipinski definition) is 3. The zero-order valence-corrected chi connectivity index (χ0v) is 13.1. The molecule has 3 rings (SSSR count). The number of nitrogens with zero attached hydrogens (tertiary/aromatic N) is 2. The minimum atomic E-state index is 0.356. The molecule has 112 valence electrons. The summed E-state index contributed by atoms with van der Waals surface area (Å²) in [7, 11) is 0. The van der Waals surface area contributed by atoms with E-state index in [2.05, 4.69) is 29.3 Å². The van der Waals surface area contributed by atoms with Crippen molar-refractivity contribution in [2.75, 3.05) is 0 Å². The van der Waals surface area contributed by atoms with Crippen LogP contribution in [0.1, 0.15) is 18.3 Å². The van der Waals surface area contributed by atoms with Gasteiger partial charge in [-0.3, -0.25) is 9.67 Å². The third kappa shape index (κ3) is 2.94. The molecule has 2 aromatic carbocycles. The van der Waals surface area contributed by atoms with E-state index in [1.54, 1.807) is 0 Å².